The highest BCUT2D eigenvalue weighted by Gasteiger charge is 2.40. The Morgan fingerprint density at radius 2 is 1.79 bits per heavy atom. The van der Waals surface area contributed by atoms with Crippen LogP contribution in [0.15, 0.2) is 23.3 Å². The number of hydrogen-bond donors (Lipinski definition) is 1. The second-order valence-corrected chi connectivity index (χ2v) is 10.1. The molecule has 204 valence electrons. The second kappa shape index (κ2) is 10.4. The number of hydrogen-bond acceptors (Lipinski definition) is 5. The van der Waals surface area contributed by atoms with E-state index in [-0.39, 0.29) is 66.0 Å². The Hall–Kier alpha value is -3.44. The van der Waals surface area contributed by atoms with Gasteiger partial charge < -0.3 is 9.88 Å². The second-order valence-electron chi connectivity index (χ2n) is 10.1. The third-order valence-corrected chi connectivity index (χ3v) is 7.05. The van der Waals surface area contributed by atoms with Gasteiger partial charge in [0, 0.05) is 43.7 Å². The molecule has 1 unspecified atom stereocenters. The van der Waals surface area contributed by atoms with Crippen LogP contribution in [0.5, 0.6) is 0 Å². The van der Waals surface area contributed by atoms with Crippen molar-refractivity contribution >= 4 is 16.8 Å². The van der Waals surface area contributed by atoms with Crippen LogP contribution in [0, 0.1) is 24.6 Å². The molecule has 4 atom stereocenters. The van der Waals surface area contributed by atoms with Gasteiger partial charge in [0.05, 0.1) is 16.5 Å². The zero-order valence-electron chi connectivity index (χ0n) is 21.4. The monoisotopic (exact) mass is 537 g/mol. The zero-order chi connectivity index (χ0) is 27.9. The predicted molar refractivity (Wildman–Crippen MR) is 130 cm³/mol. The van der Waals surface area contributed by atoms with Crippen molar-refractivity contribution in [3.05, 3.63) is 63.0 Å². The summed E-state index contributed by atoms with van der Waals surface area (Å²) in [6.45, 7) is 6.92. The number of carbonyl (C=O) groups excluding carboxylic acids is 1. The molecule has 3 heterocycles. The highest BCUT2D eigenvalue weighted by molar-refractivity contribution is 5.93. The number of halogens is 5. The summed E-state index contributed by atoms with van der Waals surface area (Å²) in [6, 6.07) is 1.04. The number of rotatable bonds is 5. The van der Waals surface area contributed by atoms with Crippen molar-refractivity contribution in [2.24, 2.45) is 11.8 Å². The number of fused-ring (bicyclic) bond motifs is 1. The summed E-state index contributed by atoms with van der Waals surface area (Å²) in [5, 5.41) is -0.262. The minimum atomic E-state index is -5.00. The molecule has 0 spiro atoms. The smallest absolute Gasteiger partial charge is 0.338 e. The summed E-state index contributed by atoms with van der Waals surface area (Å²) in [5.74, 6) is -2.98. The third kappa shape index (κ3) is 5.39. The van der Waals surface area contributed by atoms with E-state index in [0.717, 1.165) is 6.07 Å². The first-order valence-corrected chi connectivity index (χ1v) is 12.3. The molecule has 1 saturated heterocycles. The third-order valence-electron chi connectivity index (χ3n) is 7.05. The SMILES string of the molecule is Cc1nc2c(F)c(C(F)(F)F)c([C@H](C)CCc3ncc(C(=O)N4C[C@@H](C)C(F)[C@@H](C)C4)cn3)cc2c(=O)[nH]1. The number of carbonyl (C=O) groups is 1. The van der Waals surface area contributed by atoms with Crippen LogP contribution in [0.3, 0.4) is 0 Å². The van der Waals surface area contributed by atoms with Gasteiger partial charge in [0.25, 0.3) is 11.5 Å². The number of aromatic nitrogens is 4. The number of aryl methyl sites for hydroxylation is 2. The van der Waals surface area contributed by atoms with E-state index in [4.69, 9.17) is 0 Å². The molecule has 1 aromatic carbocycles. The number of likely N-dealkylation sites (tertiary alicyclic amines) is 1. The summed E-state index contributed by atoms with van der Waals surface area (Å²) >= 11 is 0. The van der Waals surface area contributed by atoms with Crippen LogP contribution in [0.25, 0.3) is 10.9 Å². The van der Waals surface area contributed by atoms with Crippen molar-refractivity contribution in [3.8, 4) is 0 Å². The number of H-pyrrole nitrogens is 1. The molecule has 0 bridgehead atoms. The van der Waals surface area contributed by atoms with Crippen molar-refractivity contribution in [1.82, 2.24) is 24.8 Å². The van der Waals surface area contributed by atoms with E-state index >= 15 is 4.39 Å². The van der Waals surface area contributed by atoms with E-state index in [1.165, 1.54) is 26.2 Å². The Bertz CT molecular complexity index is 1390. The Balaban J connectivity index is 1.53. The molecule has 1 aliphatic rings. The number of nitrogens with one attached hydrogen (secondary N) is 1. The largest absolute Gasteiger partial charge is 0.419 e. The summed E-state index contributed by atoms with van der Waals surface area (Å²) in [6.07, 6.45) is -3.02. The van der Waals surface area contributed by atoms with Gasteiger partial charge >= 0.3 is 6.18 Å². The number of piperidine rings is 1. The zero-order valence-corrected chi connectivity index (χ0v) is 21.4. The molecule has 3 aromatic rings. The minimum Gasteiger partial charge on any atom is -0.338 e. The molecule has 4 rings (SSSR count). The lowest BCUT2D eigenvalue weighted by Gasteiger charge is -2.37. The molecule has 7 nitrogen and oxygen atoms in total. The van der Waals surface area contributed by atoms with Crippen molar-refractivity contribution in [1.29, 1.82) is 0 Å². The van der Waals surface area contributed by atoms with E-state index in [0.29, 0.717) is 5.82 Å². The Morgan fingerprint density at radius 1 is 1.18 bits per heavy atom. The average Bonchev–Trinajstić information content (AvgIpc) is 2.85. The Labute approximate surface area is 215 Å². The van der Waals surface area contributed by atoms with E-state index in [9.17, 15) is 27.2 Å². The van der Waals surface area contributed by atoms with Gasteiger partial charge in [0.15, 0.2) is 5.82 Å². The van der Waals surface area contributed by atoms with Crippen molar-refractivity contribution in [3.63, 3.8) is 0 Å². The van der Waals surface area contributed by atoms with Gasteiger partial charge in [0.1, 0.15) is 23.3 Å². The maximum atomic E-state index is 15.0. The first-order valence-electron chi connectivity index (χ1n) is 12.3. The van der Waals surface area contributed by atoms with Crippen molar-refractivity contribution < 1.29 is 26.7 Å². The van der Waals surface area contributed by atoms with Crippen LogP contribution in [0.4, 0.5) is 22.0 Å². The number of amides is 1. The highest BCUT2D eigenvalue weighted by Crippen LogP contribution is 2.40. The first-order chi connectivity index (χ1) is 17.8. The maximum Gasteiger partial charge on any atom is 0.419 e. The quantitative estimate of drug-likeness (QED) is 0.464. The number of aromatic amines is 1. The lowest BCUT2D eigenvalue weighted by atomic mass is 9.89. The summed E-state index contributed by atoms with van der Waals surface area (Å²) < 4.78 is 70.7. The molecule has 2 aromatic heterocycles. The van der Waals surface area contributed by atoms with Gasteiger partial charge in [-0.25, -0.2) is 23.7 Å². The van der Waals surface area contributed by atoms with Crippen molar-refractivity contribution in [2.45, 2.75) is 58.8 Å². The van der Waals surface area contributed by atoms with E-state index in [1.54, 1.807) is 18.7 Å². The van der Waals surface area contributed by atoms with Gasteiger partial charge in [-0.1, -0.05) is 20.8 Å². The van der Waals surface area contributed by atoms with E-state index in [1.807, 2.05) is 0 Å². The lowest BCUT2D eigenvalue weighted by molar-refractivity contribution is -0.140. The van der Waals surface area contributed by atoms with Crippen LogP contribution in [-0.2, 0) is 12.6 Å². The lowest BCUT2D eigenvalue weighted by Crippen LogP contribution is -2.48. The van der Waals surface area contributed by atoms with Gasteiger partial charge in [0.2, 0.25) is 0 Å². The van der Waals surface area contributed by atoms with Crippen LogP contribution in [0.1, 0.15) is 66.2 Å². The number of benzene rings is 1. The fourth-order valence-corrected chi connectivity index (χ4v) is 5.02. The molecule has 0 saturated carbocycles. The molecule has 12 heteroatoms. The summed E-state index contributed by atoms with van der Waals surface area (Å²) in [7, 11) is 0. The van der Waals surface area contributed by atoms with E-state index < -0.39 is 40.7 Å². The van der Waals surface area contributed by atoms with Crippen LogP contribution in [-0.4, -0.2) is 50.0 Å². The van der Waals surface area contributed by atoms with Crippen LogP contribution < -0.4 is 5.56 Å². The molecule has 1 amide bonds. The maximum absolute atomic E-state index is 15.0. The average molecular weight is 538 g/mol. The predicted octanol–water partition coefficient (Wildman–Crippen LogP) is 4.98. The standard InChI is InChI=1S/C26H28F5N5O2/c1-12(17-7-18-23(34-15(4)35-24(18)37)22(28)20(17)26(29,30)31)5-6-19-32-8-16(9-33-19)25(38)36-10-13(2)21(27)14(3)11-36/h7-9,12-14,21H,5-6,10-11H2,1-4H3,(H,34,35,37)/t12-,13-,14+,21?/m1/s1. The minimum absolute atomic E-state index is 0.00492. The number of alkyl halides is 4. The molecule has 38 heavy (non-hydrogen) atoms. The normalized spacial score (nSPS) is 21.1. The van der Waals surface area contributed by atoms with E-state index in [2.05, 4.69) is 19.9 Å². The molecule has 1 aliphatic heterocycles. The van der Waals surface area contributed by atoms with Gasteiger partial charge in [-0.2, -0.15) is 13.2 Å². The molecule has 0 radical (unpaired) electrons. The van der Waals surface area contributed by atoms with Gasteiger partial charge in [-0.3, -0.25) is 9.59 Å². The molecule has 1 N–H and O–H groups in total. The van der Waals surface area contributed by atoms with Gasteiger partial charge in [-0.15, -0.1) is 0 Å². The fraction of sp³-hybridized carbons (Fsp3) is 0.500. The Kier molecular flexibility index (Phi) is 7.53. The Morgan fingerprint density at radius 3 is 2.37 bits per heavy atom. The van der Waals surface area contributed by atoms with Crippen molar-refractivity contribution in [2.75, 3.05) is 13.1 Å². The highest BCUT2D eigenvalue weighted by atomic mass is 19.4. The summed E-state index contributed by atoms with van der Waals surface area (Å²) in [5.41, 5.74) is -2.92. The number of nitrogens with zero attached hydrogens (tertiary/aromatic N) is 4. The topological polar surface area (TPSA) is 91.8 Å². The molecule has 0 aliphatic carbocycles. The fourth-order valence-electron chi connectivity index (χ4n) is 5.02. The van der Waals surface area contributed by atoms with Gasteiger partial charge in [-0.05, 0) is 30.9 Å². The molecular weight excluding hydrogens is 509 g/mol. The van der Waals surface area contributed by atoms with Crippen LogP contribution in [0.2, 0.25) is 0 Å². The molecular formula is C26H28F5N5O2. The first kappa shape index (κ1) is 27.6. The van der Waals surface area contributed by atoms with Crippen LogP contribution >= 0.6 is 0 Å². The summed E-state index contributed by atoms with van der Waals surface area (Å²) in [4.78, 5) is 41.2. The molecule has 1 fully saturated rings.